The van der Waals surface area contributed by atoms with Crippen molar-refractivity contribution in [2.45, 2.75) is 37.2 Å². The first-order valence-electron chi connectivity index (χ1n) is 8.65. The van der Waals surface area contributed by atoms with E-state index < -0.39 is 9.84 Å². The van der Waals surface area contributed by atoms with E-state index in [1.165, 1.54) is 4.90 Å². The molecule has 4 fully saturated rings. The second kappa shape index (κ2) is 4.69. The molecule has 0 spiro atoms. The molecule has 3 aliphatic carbocycles. The van der Waals surface area contributed by atoms with Gasteiger partial charge in [0.1, 0.15) is 0 Å². The summed E-state index contributed by atoms with van der Waals surface area (Å²) >= 11 is 0. The molecule has 2 bridgehead atoms. The van der Waals surface area contributed by atoms with Crippen LogP contribution in [0.5, 0.6) is 0 Å². The number of carbonyl (C=O) groups excluding carboxylic acids is 2. The average Bonchev–Trinajstić information content (AvgIpc) is 3.02. The van der Waals surface area contributed by atoms with Crippen molar-refractivity contribution in [3.8, 4) is 0 Å². The molecule has 0 N–H and O–H groups in total. The highest BCUT2D eigenvalue weighted by atomic mass is 32.2. The fraction of sp³-hybridized carbons (Fsp3) is 0.556. The van der Waals surface area contributed by atoms with Crippen molar-refractivity contribution < 1.29 is 18.0 Å². The number of imide groups is 1. The van der Waals surface area contributed by atoms with Crippen LogP contribution in [0.4, 0.5) is 5.69 Å². The van der Waals surface area contributed by atoms with Gasteiger partial charge >= 0.3 is 0 Å². The number of benzene rings is 1. The second-order valence-corrected chi connectivity index (χ2v) is 9.79. The second-order valence-electron chi connectivity index (χ2n) is 7.72. The highest BCUT2D eigenvalue weighted by Crippen LogP contribution is 2.53. The minimum atomic E-state index is -3.09. The van der Waals surface area contributed by atoms with Crippen molar-refractivity contribution >= 4 is 27.3 Å². The van der Waals surface area contributed by atoms with Crippen molar-refractivity contribution in [3.05, 3.63) is 29.3 Å². The Morgan fingerprint density at radius 2 is 1.38 bits per heavy atom. The van der Waals surface area contributed by atoms with Crippen LogP contribution in [0.2, 0.25) is 0 Å². The molecule has 0 radical (unpaired) electrons. The standard InChI is InChI=1S/C18H19NO4S/c20-17-15-10-1-2-11(4-3-10)16(15)18(21)19(17)14-6-5-12-8-24(22,23)9-13(12)7-14/h5-7,10-11,15-16H,1-4,8-9H2/t10-,11+,15-,16+. The van der Waals surface area contributed by atoms with Gasteiger partial charge in [0.2, 0.25) is 11.8 Å². The third-order valence-electron chi connectivity index (χ3n) is 6.43. The topological polar surface area (TPSA) is 71.5 Å². The number of carbonyl (C=O) groups is 2. The van der Waals surface area contributed by atoms with Crippen molar-refractivity contribution in [1.82, 2.24) is 0 Å². The summed E-state index contributed by atoms with van der Waals surface area (Å²) in [5.74, 6) is 0.307. The largest absolute Gasteiger partial charge is 0.274 e. The Labute approximate surface area is 140 Å². The molecule has 1 aromatic carbocycles. The van der Waals surface area contributed by atoms with E-state index >= 15 is 0 Å². The molecule has 24 heavy (non-hydrogen) atoms. The number of anilines is 1. The maximum Gasteiger partial charge on any atom is 0.237 e. The Morgan fingerprint density at radius 3 is 1.96 bits per heavy atom. The molecule has 2 aliphatic heterocycles. The van der Waals surface area contributed by atoms with Gasteiger partial charge in [0, 0.05) is 0 Å². The molecule has 6 rings (SSSR count). The van der Waals surface area contributed by atoms with Crippen LogP contribution in [0.3, 0.4) is 0 Å². The normalized spacial score (nSPS) is 36.1. The zero-order chi connectivity index (χ0) is 16.6. The first kappa shape index (κ1) is 14.6. The predicted octanol–water partition coefficient (Wildman–Crippen LogP) is 2.04. The maximum atomic E-state index is 13.0. The Morgan fingerprint density at radius 1 is 0.833 bits per heavy atom. The van der Waals surface area contributed by atoms with Crippen LogP contribution in [0.25, 0.3) is 0 Å². The molecule has 5 nitrogen and oxygen atoms in total. The van der Waals surface area contributed by atoms with Crippen LogP contribution in [-0.4, -0.2) is 20.2 Å². The van der Waals surface area contributed by atoms with Gasteiger partial charge in [-0.15, -0.1) is 0 Å². The van der Waals surface area contributed by atoms with Gasteiger partial charge in [-0.05, 0) is 60.8 Å². The zero-order valence-corrected chi connectivity index (χ0v) is 14.1. The van der Waals surface area contributed by atoms with E-state index in [2.05, 4.69) is 0 Å². The number of sulfone groups is 1. The van der Waals surface area contributed by atoms with Gasteiger partial charge in [-0.1, -0.05) is 6.07 Å². The minimum absolute atomic E-state index is 0.00447. The summed E-state index contributed by atoms with van der Waals surface area (Å²) in [6, 6.07) is 5.22. The summed E-state index contributed by atoms with van der Waals surface area (Å²) in [6.07, 6.45) is 4.23. The van der Waals surface area contributed by atoms with Crippen LogP contribution in [0, 0.1) is 23.7 Å². The molecule has 6 heteroatoms. The Hall–Kier alpha value is -1.69. The molecule has 3 saturated carbocycles. The van der Waals surface area contributed by atoms with E-state index in [4.69, 9.17) is 0 Å². The average molecular weight is 345 g/mol. The van der Waals surface area contributed by atoms with Crippen LogP contribution < -0.4 is 4.90 Å². The van der Waals surface area contributed by atoms with Gasteiger partial charge in [0.15, 0.2) is 9.84 Å². The lowest BCUT2D eigenvalue weighted by atomic mass is 9.59. The quantitative estimate of drug-likeness (QED) is 0.730. The molecule has 0 aromatic heterocycles. The van der Waals surface area contributed by atoms with E-state index in [1.807, 2.05) is 0 Å². The van der Waals surface area contributed by atoms with Gasteiger partial charge in [-0.25, -0.2) is 8.42 Å². The number of hydrogen-bond acceptors (Lipinski definition) is 4. The summed E-state index contributed by atoms with van der Waals surface area (Å²) in [6.45, 7) is 0. The monoisotopic (exact) mass is 345 g/mol. The molecular weight excluding hydrogens is 326 g/mol. The highest BCUT2D eigenvalue weighted by molar-refractivity contribution is 7.90. The van der Waals surface area contributed by atoms with Gasteiger partial charge in [0.25, 0.3) is 0 Å². The molecule has 2 amide bonds. The lowest BCUT2D eigenvalue weighted by Crippen LogP contribution is -2.41. The smallest absolute Gasteiger partial charge is 0.237 e. The lowest BCUT2D eigenvalue weighted by molar-refractivity contribution is -0.129. The maximum absolute atomic E-state index is 13.0. The van der Waals surface area contributed by atoms with E-state index in [0.717, 1.165) is 36.8 Å². The third kappa shape index (κ3) is 1.89. The SMILES string of the molecule is O=C1[C@@H]2[C@H]3CC[C@H](CC3)[C@@H]2C(=O)N1c1ccc2c(c1)CS(=O)(=O)C2. The molecule has 126 valence electrons. The summed E-state index contributed by atoms with van der Waals surface area (Å²) in [7, 11) is -3.09. The predicted molar refractivity (Wildman–Crippen MR) is 87.7 cm³/mol. The fourth-order valence-electron chi connectivity index (χ4n) is 5.37. The van der Waals surface area contributed by atoms with Crippen LogP contribution in [-0.2, 0) is 30.9 Å². The summed E-state index contributed by atoms with van der Waals surface area (Å²) in [5, 5.41) is 0. The van der Waals surface area contributed by atoms with E-state index in [9.17, 15) is 18.0 Å². The molecule has 1 saturated heterocycles. The van der Waals surface area contributed by atoms with E-state index in [-0.39, 0.29) is 35.2 Å². The molecular formula is C18H19NO4S. The van der Waals surface area contributed by atoms with E-state index in [1.54, 1.807) is 18.2 Å². The van der Waals surface area contributed by atoms with Gasteiger partial charge in [-0.3, -0.25) is 14.5 Å². The number of fused-ring (bicyclic) bond motifs is 3. The van der Waals surface area contributed by atoms with Crippen LogP contribution in [0.1, 0.15) is 36.8 Å². The Bertz CT molecular complexity index is 837. The number of hydrogen-bond donors (Lipinski definition) is 0. The van der Waals surface area contributed by atoms with Crippen molar-refractivity contribution in [3.63, 3.8) is 0 Å². The Kier molecular flexibility index (Phi) is 2.86. The molecule has 2 heterocycles. The first-order chi connectivity index (χ1) is 11.4. The summed E-state index contributed by atoms with van der Waals surface area (Å²) in [5.41, 5.74) is 2.07. The molecule has 2 atom stereocenters. The molecule has 1 aromatic rings. The van der Waals surface area contributed by atoms with Gasteiger partial charge in [-0.2, -0.15) is 0 Å². The zero-order valence-electron chi connectivity index (χ0n) is 13.3. The first-order valence-corrected chi connectivity index (χ1v) is 10.5. The lowest BCUT2D eigenvalue weighted by Gasteiger charge is -2.42. The van der Waals surface area contributed by atoms with Crippen LogP contribution in [0.15, 0.2) is 18.2 Å². The summed E-state index contributed by atoms with van der Waals surface area (Å²) in [4.78, 5) is 27.3. The number of nitrogens with zero attached hydrogens (tertiary/aromatic N) is 1. The molecule has 5 aliphatic rings. The van der Waals surface area contributed by atoms with Gasteiger partial charge < -0.3 is 0 Å². The fourth-order valence-corrected chi connectivity index (χ4v) is 6.97. The number of amides is 2. The van der Waals surface area contributed by atoms with Crippen LogP contribution >= 0.6 is 0 Å². The molecule has 0 unspecified atom stereocenters. The van der Waals surface area contributed by atoms with Crippen molar-refractivity contribution in [1.29, 1.82) is 0 Å². The van der Waals surface area contributed by atoms with E-state index in [0.29, 0.717) is 17.5 Å². The highest BCUT2D eigenvalue weighted by Gasteiger charge is 2.58. The summed E-state index contributed by atoms with van der Waals surface area (Å²) < 4.78 is 23.6. The minimum Gasteiger partial charge on any atom is -0.274 e. The van der Waals surface area contributed by atoms with Crippen molar-refractivity contribution in [2.75, 3.05) is 4.90 Å². The van der Waals surface area contributed by atoms with Gasteiger partial charge in [0.05, 0.1) is 29.0 Å². The van der Waals surface area contributed by atoms with Crippen molar-refractivity contribution in [2.24, 2.45) is 23.7 Å². The Balaban J connectivity index is 1.54. The number of rotatable bonds is 1. The third-order valence-corrected chi connectivity index (χ3v) is 7.93.